The number of fused-ring (bicyclic) bond motifs is 1. The van der Waals surface area contributed by atoms with E-state index >= 15 is 0 Å². The highest BCUT2D eigenvalue weighted by Crippen LogP contribution is 2.19. The Morgan fingerprint density at radius 2 is 1.64 bits per heavy atom. The largest absolute Gasteiger partial charge is 0.350 e. The van der Waals surface area contributed by atoms with Crippen molar-refractivity contribution in [1.29, 1.82) is 0 Å². The van der Waals surface area contributed by atoms with Gasteiger partial charge in [0.15, 0.2) is 0 Å². The summed E-state index contributed by atoms with van der Waals surface area (Å²) in [6.07, 6.45) is 0. The highest BCUT2D eigenvalue weighted by atomic mass is 35.5. The van der Waals surface area contributed by atoms with Gasteiger partial charge in [-0.1, -0.05) is 29.8 Å². The summed E-state index contributed by atoms with van der Waals surface area (Å²) in [5, 5.41) is 1.42. The van der Waals surface area contributed by atoms with Gasteiger partial charge in [0.25, 0.3) is 11.8 Å². The Morgan fingerprint density at radius 3 is 2.41 bits per heavy atom. The zero-order chi connectivity index (χ0) is 15.5. The van der Waals surface area contributed by atoms with Gasteiger partial charge < -0.3 is 4.98 Å². The lowest BCUT2D eigenvalue weighted by Crippen LogP contribution is -2.41. The van der Waals surface area contributed by atoms with Crippen molar-refractivity contribution in [1.82, 2.24) is 15.8 Å². The highest BCUT2D eigenvalue weighted by Gasteiger charge is 2.11. The summed E-state index contributed by atoms with van der Waals surface area (Å²) in [5.41, 5.74) is 6.34. The zero-order valence-electron chi connectivity index (χ0n) is 11.4. The van der Waals surface area contributed by atoms with E-state index in [1.165, 1.54) is 0 Å². The number of aromatic nitrogens is 1. The van der Waals surface area contributed by atoms with Crippen LogP contribution in [0.4, 0.5) is 0 Å². The van der Waals surface area contributed by atoms with E-state index in [0.29, 0.717) is 16.3 Å². The van der Waals surface area contributed by atoms with Crippen molar-refractivity contribution in [3.8, 4) is 0 Å². The minimum Gasteiger partial charge on any atom is -0.350 e. The Bertz CT molecular complexity index is 843. The van der Waals surface area contributed by atoms with Crippen LogP contribution in [0.5, 0.6) is 0 Å². The molecule has 2 aromatic carbocycles. The number of nitrogens with one attached hydrogen (secondary N) is 3. The first-order valence-corrected chi connectivity index (χ1v) is 6.95. The standard InChI is InChI=1S/C16H12ClN3O2/c17-12-6-7-13-11(8-12)9-14(18-13)16(22)20-19-15(21)10-4-2-1-3-5-10/h1-9,18H,(H,19,21)(H,20,22). The van der Waals surface area contributed by atoms with E-state index in [2.05, 4.69) is 15.8 Å². The van der Waals surface area contributed by atoms with Crippen LogP contribution in [0, 0.1) is 0 Å². The second kappa shape index (κ2) is 5.91. The average Bonchev–Trinajstić information content (AvgIpc) is 2.96. The van der Waals surface area contributed by atoms with Crippen LogP contribution in [-0.4, -0.2) is 16.8 Å². The molecule has 3 rings (SSSR count). The van der Waals surface area contributed by atoms with Crippen molar-refractivity contribution >= 4 is 34.3 Å². The third-order valence-electron chi connectivity index (χ3n) is 3.15. The van der Waals surface area contributed by atoms with E-state index < -0.39 is 5.91 Å². The van der Waals surface area contributed by atoms with E-state index in [4.69, 9.17) is 11.6 Å². The molecule has 1 aromatic heterocycles. The molecule has 0 fully saturated rings. The molecule has 0 radical (unpaired) electrons. The number of hydrogen-bond donors (Lipinski definition) is 3. The van der Waals surface area contributed by atoms with E-state index in [1.54, 1.807) is 48.5 Å². The number of halogens is 1. The minimum absolute atomic E-state index is 0.339. The average molecular weight is 314 g/mol. The first-order valence-electron chi connectivity index (χ1n) is 6.57. The Morgan fingerprint density at radius 1 is 0.909 bits per heavy atom. The molecule has 0 bridgehead atoms. The molecule has 0 saturated carbocycles. The SMILES string of the molecule is O=C(NNC(=O)c1cc2cc(Cl)ccc2[nH]1)c1ccccc1. The fourth-order valence-electron chi connectivity index (χ4n) is 2.07. The van der Waals surface area contributed by atoms with Gasteiger partial charge in [-0.25, -0.2) is 0 Å². The molecule has 5 nitrogen and oxygen atoms in total. The van der Waals surface area contributed by atoms with E-state index in [1.807, 2.05) is 6.07 Å². The van der Waals surface area contributed by atoms with Crippen LogP contribution in [0.15, 0.2) is 54.6 Å². The topological polar surface area (TPSA) is 74.0 Å². The van der Waals surface area contributed by atoms with Crippen molar-refractivity contribution in [3.05, 3.63) is 70.9 Å². The molecular weight excluding hydrogens is 302 g/mol. The predicted molar refractivity (Wildman–Crippen MR) is 84.7 cm³/mol. The first-order chi connectivity index (χ1) is 10.6. The highest BCUT2D eigenvalue weighted by molar-refractivity contribution is 6.31. The smallest absolute Gasteiger partial charge is 0.286 e. The summed E-state index contributed by atoms with van der Waals surface area (Å²) in [6, 6.07) is 15.6. The maximum atomic E-state index is 12.0. The number of amides is 2. The Kier molecular flexibility index (Phi) is 3.80. The lowest BCUT2D eigenvalue weighted by molar-refractivity contribution is 0.0844. The van der Waals surface area contributed by atoms with Gasteiger partial charge in [-0.2, -0.15) is 0 Å². The van der Waals surface area contributed by atoms with Crippen molar-refractivity contribution in [2.75, 3.05) is 0 Å². The second-order valence-electron chi connectivity index (χ2n) is 4.69. The predicted octanol–water partition coefficient (Wildman–Crippen LogP) is 2.90. The number of aromatic amines is 1. The van der Waals surface area contributed by atoms with Crippen LogP contribution >= 0.6 is 11.6 Å². The van der Waals surface area contributed by atoms with Crippen LogP contribution in [0.2, 0.25) is 5.02 Å². The molecule has 0 saturated heterocycles. The van der Waals surface area contributed by atoms with Gasteiger partial charge in [0.05, 0.1) is 0 Å². The number of carbonyl (C=O) groups excluding carboxylic acids is 2. The molecule has 6 heteroatoms. The van der Waals surface area contributed by atoms with Crippen molar-refractivity contribution < 1.29 is 9.59 Å². The van der Waals surface area contributed by atoms with E-state index in [-0.39, 0.29) is 5.91 Å². The van der Waals surface area contributed by atoms with E-state index in [0.717, 1.165) is 10.9 Å². The number of hydrazine groups is 1. The Balaban J connectivity index is 1.69. The van der Waals surface area contributed by atoms with Gasteiger partial charge >= 0.3 is 0 Å². The maximum absolute atomic E-state index is 12.0. The summed E-state index contributed by atoms with van der Waals surface area (Å²) in [6.45, 7) is 0. The molecule has 0 unspecified atom stereocenters. The molecule has 0 spiro atoms. The Labute approximate surface area is 131 Å². The van der Waals surface area contributed by atoms with Gasteiger partial charge in [-0.3, -0.25) is 20.4 Å². The summed E-state index contributed by atoms with van der Waals surface area (Å²) in [4.78, 5) is 26.9. The fraction of sp³-hybridized carbons (Fsp3) is 0. The number of carbonyl (C=O) groups is 2. The quantitative estimate of drug-likeness (QED) is 0.636. The molecule has 0 aliphatic rings. The maximum Gasteiger partial charge on any atom is 0.286 e. The summed E-state index contributed by atoms with van der Waals surface area (Å²) >= 11 is 5.91. The zero-order valence-corrected chi connectivity index (χ0v) is 12.1. The molecule has 0 aliphatic heterocycles. The fourth-order valence-corrected chi connectivity index (χ4v) is 2.25. The normalized spacial score (nSPS) is 10.4. The van der Waals surface area contributed by atoms with Gasteiger partial charge in [0, 0.05) is 21.5 Å². The van der Waals surface area contributed by atoms with Crippen molar-refractivity contribution in [2.24, 2.45) is 0 Å². The monoisotopic (exact) mass is 313 g/mol. The molecule has 2 amide bonds. The lowest BCUT2D eigenvalue weighted by Gasteiger charge is -2.05. The van der Waals surface area contributed by atoms with Crippen LogP contribution in [0.1, 0.15) is 20.8 Å². The molecule has 110 valence electrons. The number of benzene rings is 2. The van der Waals surface area contributed by atoms with Crippen molar-refractivity contribution in [2.45, 2.75) is 0 Å². The molecule has 1 heterocycles. The van der Waals surface area contributed by atoms with Crippen LogP contribution in [0.3, 0.4) is 0 Å². The number of hydrogen-bond acceptors (Lipinski definition) is 2. The van der Waals surface area contributed by atoms with Gasteiger partial charge in [-0.05, 0) is 36.4 Å². The molecule has 0 aliphatic carbocycles. The van der Waals surface area contributed by atoms with Crippen LogP contribution < -0.4 is 10.9 Å². The number of rotatable bonds is 2. The third kappa shape index (κ3) is 2.94. The lowest BCUT2D eigenvalue weighted by atomic mass is 10.2. The second-order valence-corrected chi connectivity index (χ2v) is 5.13. The van der Waals surface area contributed by atoms with Gasteiger partial charge in [0.1, 0.15) is 5.69 Å². The van der Waals surface area contributed by atoms with Crippen LogP contribution in [0.25, 0.3) is 10.9 Å². The van der Waals surface area contributed by atoms with Crippen LogP contribution in [-0.2, 0) is 0 Å². The number of H-pyrrole nitrogens is 1. The molecular formula is C16H12ClN3O2. The Hall–Kier alpha value is -2.79. The molecule has 0 atom stereocenters. The van der Waals surface area contributed by atoms with Gasteiger partial charge in [-0.15, -0.1) is 0 Å². The molecule has 3 aromatic rings. The third-order valence-corrected chi connectivity index (χ3v) is 3.39. The van der Waals surface area contributed by atoms with E-state index in [9.17, 15) is 9.59 Å². The van der Waals surface area contributed by atoms with Crippen molar-refractivity contribution in [3.63, 3.8) is 0 Å². The summed E-state index contributed by atoms with van der Waals surface area (Å²) in [7, 11) is 0. The van der Waals surface area contributed by atoms with Gasteiger partial charge in [0.2, 0.25) is 0 Å². The minimum atomic E-state index is -0.434. The summed E-state index contributed by atoms with van der Waals surface area (Å²) in [5.74, 6) is -0.815. The first kappa shape index (κ1) is 14.2. The molecule has 3 N–H and O–H groups in total. The molecule has 22 heavy (non-hydrogen) atoms. The summed E-state index contributed by atoms with van der Waals surface area (Å²) < 4.78 is 0.